The highest BCUT2D eigenvalue weighted by atomic mass is 32.2. The zero-order chi connectivity index (χ0) is 21.4. The van der Waals surface area contributed by atoms with Gasteiger partial charge >= 0.3 is 0 Å². The Labute approximate surface area is 182 Å². The number of halogens is 1. The molecule has 1 atom stereocenters. The van der Waals surface area contributed by atoms with Gasteiger partial charge < -0.3 is 10.3 Å². The quantitative estimate of drug-likeness (QED) is 0.474. The molecule has 31 heavy (non-hydrogen) atoms. The van der Waals surface area contributed by atoms with Gasteiger partial charge in [-0.15, -0.1) is 0 Å². The molecule has 0 spiro atoms. The Morgan fingerprint density at radius 1 is 1.13 bits per heavy atom. The van der Waals surface area contributed by atoms with Crippen LogP contribution in [0.3, 0.4) is 0 Å². The van der Waals surface area contributed by atoms with E-state index < -0.39 is 5.92 Å². The summed E-state index contributed by atoms with van der Waals surface area (Å²) in [7, 11) is 0. The van der Waals surface area contributed by atoms with Gasteiger partial charge in [-0.3, -0.25) is 14.6 Å². The molecule has 0 fully saturated rings. The highest BCUT2D eigenvalue weighted by Gasteiger charge is 2.37. The Bertz CT molecular complexity index is 1260. The SMILES string of the molecule is O=C1CCCC2=C1C(c1cccnc1)c1c(nc(SCc3ccccc3F)[nH]c1=O)N2. The van der Waals surface area contributed by atoms with E-state index in [4.69, 9.17) is 0 Å². The number of anilines is 1. The maximum absolute atomic E-state index is 13.9. The van der Waals surface area contributed by atoms with Crippen molar-refractivity contribution < 1.29 is 9.18 Å². The Balaban J connectivity index is 1.56. The number of nitrogens with one attached hydrogen (secondary N) is 2. The van der Waals surface area contributed by atoms with Crippen LogP contribution in [0.25, 0.3) is 0 Å². The fraction of sp³-hybridized carbons (Fsp3) is 0.217. The van der Waals surface area contributed by atoms with E-state index >= 15 is 0 Å². The lowest BCUT2D eigenvalue weighted by molar-refractivity contribution is -0.116. The van der Waals surface area contributed by atoms with Gasteiger partial charge in [0, 0.05) is 41.8 Å². The predicted molar refractivity (Wildman–Crippen MR) is 116 cm³/mol. The van der Waals surface area contributed by atoms with Crippen LogP contribution in [0, 0.1) is 5.82 Å². The summed E-state index contributed by atoms with van der Waals surface area (Å²) in [6, 6.07) is 10.2. The number of allylic oxidation sites excluding steroid dienone is 2. The smallest absolute Gasteiger partial charge is 0.257 e. The van der Waals surface area contributed by atoms with Crippen LogP contribution in [-0.4, -0.2) is 20.7 Å². The average molecular weight is 434 g/mol. The maximum atomic E-state index is 13.9. The van der Waals surface area contributed by atoms with Crippen molar-refractivity contribution in [2.45, 2.75) is 36.1 Å². The molecule has 2 aliphatic rings. The van der Waals surface area contributed by atoms with Crippen LogP contribution in [0.5, 0.6) is 0 Å². The number of fused-ring (bicyclic) bond motifs is 1. The minimum absolute atomic E-state index is 0.0469. The number of carbonyl (C=O) groups excluding carboxylic acids is 1. The normalized spacial score (nSPS) is 17.7. The molecule has 1 aliphatic carbocycles. The lowest BCUT2D eigenvalue weighted by Gasteiger charge is -2.32. The molecule has 2 N–H and O–H groups in total. The molecule has 1 aliphatic heterocycles. The Morgan fingerprint density at radius 3 is 2.81 bits per heavy atom. The minimum Gasteiger partial charge on any atom is -0.343 e. The lowest BCUT2D eigenvalue weighted by Crippen LogP contribution is -2.32. The summed E-state index contributed by atoms with van der Waals surface area (Å²) in [5.41, 5.74) is 2.88. The summed E-state index contributed by atoms with van der Waals surface area (Å²) in [6.45, 7) is 0. The van der Waals surface area contributed by atoms with E-state index in [-0.39, 0.29) is 17.2 Å². The maximum Gasteiger partial charge on any atom is 0.257 e. The van der Waals surface area contributed by atoms with Crippen LogP contribution < -0.4 is 10.9 Å². The van der Waals surface area contributed by atoms with E-state index in [0.29, 0.717) is 39.8 Å². The third-order valence-electron chi connectivity index (χ3n) is 5.58. The largest absolute Gasteiger partial charge is 0.343 e. The van der Waals surface area contributed by atoms with Gasteiger partial charge in [0.05, 0.1) is 5.56 Å². The molecule has 2 aromatic heterocycles. The number of carbonyl (C=O) groups is 1. The molecule has 3 aromatic rings. The van der Waals surface area contributed by atoms with Crippen molar-refractivity contribution in [2.75, 3.05) is 5.32 Å². The first kappa shape index (κ1) is 19.7. The van der Waals surface area contributed by atoms with Gasteiger partial charge in [-0.1, -0.05) is 36.0 Å². The van der Waals surface area contributed by atoms with Gasteiger partial charge in [0.15, 0.2) is 10.9 Å². The molecule has 5 rings (SSSR count). The monoisotopic (exact) mass is 434 g/mol. The minimum atomic E-state index is -0.505. The van der Waals surface area contributed by atoms with E-state index in [2.05, 4.69) is 20.3 Å². The third kappa shape index (κ3) is 3.67. The molecule has 0 bridgehead atoms. The Morgan fingerprint density at radius 2 is 2.00 bits per heavy atom. The molecule has 156 valence electrons. The molecule has 1 unspecified atom stereocenters. The third-order valence-corrected chi connectivity index (χ3v) is 6.50. The summed E-state index contributed by atoms with van der Waals surface area (Å²) in [4.78, 5) is 37.6. The van der Waals surface area contributed by atoms with E-state index in [9.17, 15) is 14.0 Å². The van der Waals surface area contributed by atoms with Crippen molar-refractivity contribution in [2.24, 2.45) is 0 Å². The number of hydrogen-bond donors (Lipinski definition) is 2. The number of aromatic nitrogens is 3. The van der Waals surface area contributed by atoms with Crippen LogP contribution in [0.15, 0.2) is 70.0 Å². The van der Waals surface area contributed by atoms with E-state index in [0.717, 1.165) is 24.1 Å². The number of rotatable bonds is 4. The van der Waals surface area contributed by atoms with Crippen LogP contribution in [0.2, 0.25) is 0 Å². The first-order chi connectivity index (χ1) is 15.1. The zero-order valence-electron chi connectivity index (χ0n) is 16.5. The molecule has 0 radical (unpaired) electrons. The summed E-state index contributed by atoms with van der Waals surface area (Å²) in [5.74, 6) is 0.0373. The van der Waals surface area contributed by atoms with Crippen LogP contribution in [0.4, 0.5) is 10.2 Å². The molecule has 8 heteroatoms. The second-order valence-corrected chi connectivity index (χ2v) is 8.49. The number of pyridine rings is 1. The predicted octanol–water partition coefficient (Wildman–Crippen LogP) is 4.16. The van der Waals surface area contributed by atoms with Crippen molar-refractivity contribution in [1.29, 1.82) is 0 Å². The van der Waals surface area contributed by atoms with Gasteiger partial charge in [-0.2, -0.15) is 0 Å². The summed E-state index contributed by atoms with van der Waals surface area (Å²) in [5, 5.41) is 3.64. The molecule has 0 saturated carbocycles. The van der Waals surface area contributed by atoms with E-state index in [1.54, 1.807) is 36.7 Å². The molecular formula is C23H19FN4O2S. The summed E-state index contributed by atoms with van der Waals surface area (Å²) >= 11 is 1.26. The van der Waals surface area contributed by atoms with Crippen LogP contribution in [0.1, 0.15) is 41.9 Å². The molecule has 3 heterocycles. The highest BCUT2D eigenvalue weighted by molar-refractivity contribution is 7.98. The molecule has 6 nitrogen and oxygen atoms in total. The number of aromatic amines is 1. The first-order valence-corrected chi connectivity index (χ1v) is 11.0. The number of benzene rings is 1. The van der Waals surface area contributed by atoms with Crippen molar-refractivity contribution in [3.8, 4) is 0 Å². The van der Waals surface area contributed by atoms with Crippen molar-refractivity contribution >= 4 is 23.4 Å². The van der Waals surface area contributed by atoms with Crippen molar-refractivity contribution in [3.05, 3.63) is 92.9 Å². The average Bonchev–Trinajstić information content (AvgIpc) is 2.78. The van der Waals surface area contributed by atoms with Crippen LogP contribution in [-0.2, 0) is 10.5 Å². The Kier molecular flexibility index (Phi) is 5.15. The number of Topliss-reactive ketones (excluding diaryl/α,β-unsaturated/α-hetero) is 1. The number of H-pyrrole nitrogens is 1. The lowest BCUT2D eigenvalue weighted by atomic mass is 9.77. The Hall–Kier alpha value is -3.26. The zero-order valence-corrected chi connectivity index (χ0v) is 17.3. The van der Waals surface area contributed by atoms with Gasteiger partial charge in [0.25, 0.3) is 5.56 Å². The standard InChI is InChI=1S/C23H19FN4O2S/c24-15-7-2-1-5-14(15)12-31-23-27-21-20(22(30)28-23)18(13-6-4-10-25-11-13)19-16(26-21)8-3-9-17(19)29/h1-2,4-7,10-11,18H,3,8-9,12H2,(H2,26,27,28,30). The van der Waals surface area contributed by atoms with Crippen molar-refractivity contribution in [3.63, 3.8) is 0 Å². The molecule has 1 aromatic carbocycles. The van der Waals surface area contributed by atoms with E-state index in [1.807, 2.05) is 6.07 Å². The highest BCUT2D eigenvalue weighted by Crippen LogP contribution is 2.43. The molecule has 0 amide bonds. The number of nitrogens with zero attached hydrogens (tertiary/aromatic N) is 2. The van der Waals surface area contributed by atoms with E-state index in [1.165, 1.54) is 17.8 Å². The second-order valence-electron chi connectivity index (χ2n) is 7.53. The van der Waals surface area contributed by atoms with Crippen molar-refractivity contribution in [1.82, 2.24) is 15.0 Å². The van der Waals surface area contributed by atoms with Gasteiger partial charge in [-0.25, -0.2) is 9.37 Å². The fourth-order valence-electron chi connectivity index (χ4n) is 4.15. The number of thioether (sulfide) groups is 1. The second kappa shape index (κ2) is 8.11. The molecule has 0 saturated heterocycles. The van der Waals surface area contributed by atoms with Gasteiger partial charge in [-0.05, 0) is 36.1 Å². The number of hydrogen-bond acceptors (Lipinski definition) is 6. The molecular weight excluding hydrogens is 415 g/mol. The first-order valence-electron chi connectivity index (χ1n) is 10.1. The number of ketones is 1. The van der Waals surface area contributed by atoms with Gasteiger partial charge in [0.1, 0.15) is 11.6 Å². The topological polar surface area (TPSA) is 87.7 Å². The summed E-state index contributed by atoms with van der Waals surface area (Å²) in [6.07, 6.45) is 5.30. The fourth-order valence-corrected chi connectivity index (χ4v) is 5.00. The van der Waals surface area contributed by atoms with Crippen LogP contribution >= 0.6 is 11.8 Å². The summed E-state index contributed by atoms with van der Waals surface area (Å²) < 4.78 is 13.9. The van der Waals surface area contributed by atoms with Gasteiger partial charge in [0.2, 0.25) is 0 Å².